The monoisotopic (exact) mass is 200 g/mol. The van der Waals surface area contributed by atoms with Crippen molar-refractivity contribution in [1.29, 1.82) is 0 Å². The van der Waals surface area contributed by atoms with Crippen LogP contribution in [0.1, 0.15) is 48.0 Å². The molecule has 0 radical (unpaired) electrons. The smallest absolute Gasteiger partial charge is 0.223 e. The summed E-state index contributed by atoms with van der Waals surface area (Å²) in [4.78, 5) is 13.4. The van der Waals surface area contributed by atoms with Crippen LogP contribution in [0.5, 0.6) is 0 Å². The quantitative estimate of drug-likeness (QED) is 0.708. The molecule has 3 nitrogen and oxygen atoms in total. The van der Waals surface area contributed by atoms with Crippen LogP contribution in [-0.2, 0) is 4.79 Å². The van der Waals surface area contributed by atoms with Crippen molar-refractivity contribution < 1.29 is 4.79 Å². The van der Waals surface area contributed by atoms with Crippen LogP contribution in [0.25, 0.3) is 0 Å². The van der Waals surface area contributed by atoms with Crippen molar-refractivity contribution in [3.63, 3.8) is 0 Å². The summed E-state index contributed by atoms with van der Waals surface area (Å²) < 4.78 is 0. The highest BCUT2D eigenvalue weighted by molar-refractivity contribution is 5.76. The van der Waals surface area contributed by atoms with E-state index >= 15 is 0 Å². The van der Waals surface area contributed by atoms with Gasteiger partial charge in [-0.2, -0.15) is 0 Å². The molecule has 0 atom stereocenters. The van der Waals surface area contributed by atoms with Gasteiger partial charge in [-0.05, 0) is 19.3 Å². The Morgan fingerprint density at radius 3 is 1.86 bits per heavy atom. The zero-order valence-corrected chi connectivity index (χ0v) is 10.3. The molecule has 2 N–H and O–H groups in total. The summed E-state index contributed by atoms with van der Waals surface area (Å²) in [5, 5.41) is 0. The molecule has 0 aromatic carbocycles. The number of hydrogen-bond acceptors (Lipinski definition) is 2. The highest BCUT2D eigenvalue weighted by Gasteiger charge is 2.29. The third kappa shape index (κ3) is 4.61. The molecule has 0 aliphatic rings. The molecule has 3 heteroatoms. The molecule has 0 rings (SSSR count). The molecular weight excluding hydrogens is 176 g/mol. The van der Waals surface area contributed by atoms with Crippen LogP contribution in [0.3, 0.4) is 0 Å². The van der Waals surface area contributed by atoms with Crippen LogP contribution in [-0.4, -0.2) is 23.0 Å². The van der Waals surface area contributed by atoms with Gasteiger partial charge < -0.3 is 10.6 Å². The lowest BCUT2D eigenvalue weighted by Gasteiger charge is -2.39. The number of nitrogens with two attached hydrogens (primary N) is 1. The van der Waals surface area contributed by atoms with Gasteiger partial charge in [-0.15, -0.1) is 0 Å². The van der Waals surface area contributed by atoms with E-state index < -0.39 is 5.66 Å². The first-order valence-corrected chi connectivity index (χ1v) is 5.17. The number of rotatable bonds is 3. The molecule has 0 spiro atoms. The van der Waals surface area contributed by atoms with E-state index in [1.807, 2.05) is 20.8 Å². The molecular formula is C11H24N2O. The Balaban J connectivity index is 4.67. The largest absolute Gasteiger partial charge is 0.325 e. The average molecular weight is 200 g/mol. The SMILES string of the molecule is CCC(=O)N(CC(C)(C)C)C(C)(C)N. The Hall–Kier alpha value is -0.570. The zero-order valence-electron chi connectivity index (χ0n) is 10.3. The van der Waals surface area contributed by atoms with Crippen molar-refractivity contribution in [2.45, 2.75) is 53.6 Å². The second kappa shape index (κ2) is 4.30. The maximum absolute atomic E-state index is 11.7. The Morgan fingerprint density at radius 1 is 1.21 bits per heavy atom. The van der Waals surface area contributed by atoms with E-state index in [9.17, 15) is 4.79 Å². The lowest BCUT2D eigenvalue weighted by molar-refractivity contribution is -0.137. The van der Waals surface area contributed by atoms with E-state index in [1.54, 1.807) is 4.90 Å². The first-order chi connectivity index (χ1) is 6.08. The molecule has 0 saturated carbocycles. The first kappa shape index (κ1) is 13.4. The minimum atomic E-state index is -0.569. The van der Waals surface area contributed by atoms with Crippen LogP contribution in [0.15, 0.2) is 0 Å². The van der Waals surface area contributed by atoms with Gasteiger partial charge in [0.2, 0.25) is 5.91 Å². The standard InChI is InChI=1S/C11H24N2O/c1-7-9(14)13(11(5,6)12)8-10(2,3)4/h7-8,12H2,1-6H3. The summed E-state index contributed by atoms with van der Waals surface area (Å²) in [6.45, 7) is 12.6. The van der Waals surface area contributed by atoms with Gasteiger partial charge >= 0.3 is 0 Å². The highest BCUT2D eigenvalue weighted by Crippen LogP contribution is 2.20. The maximum atomic E-state index is 11.7. The van der Waals surface area contributed by atoms with Gasteiger partial charge in [0.1, 0.15) is 0 Å². The van der Waals surface area contributed by atoms with Crippen molar-refractivity contribution >= 4 is 5.91 Å². The van der Waals surface area contributed by atoms with E-state index in [1.165, 1.54) is 0 Å². The molecule has 84 valence electrons. The summed E-state index contributed by atoms with van der Waals surface area (Å²) in [6, 6.07) is 0. The Labute approximate surface area is 87.6 Å². The fraction of sp³-hybridized carbons (Fsp3) is 0.909. The van der Waals surface area contributed by atoms with Crippen LogP contribution in [0, 0.1) is 5.41 Å². The predicted molar refractivity (Wildman–Crippen MR) is 59.7 cm³/mol. The van der Waals surface area contributed by atoms with E-state index in [2.05, 4.69) is 20.8 Å². The Bertz CT molecular complexity index is 198. The molecule has 0 aromatic heterocycles. The van der Waals surface area contributed by atoms with Crippen molar-refractivity contribution in [1.82, 2.24) is 4.90 Å². The lowest BCUT2D eigenvalue weighted by atomic mass is 9.94. The summed E-state index contributed by atoms with van der Waals surface area (Å²) in [5.74, 6) is 0.118. The second-order valence-electron chi connectivity index (χ2n) is 5.55. The summed E-state index contributed by atoms with van der Waals surface area (Å²) in [5.41, 5.74) is 5.48. The topological polar surface area (TPSA) is 46.3 Å². The predicted octanol–water partition coefficient (Wildman–Crippen LogP) is 1.97. The van der Waals surface area contributed by atoms with E-state index in [4.69, 9.17) is 5.73 Å². The molecule has 0 saturated heterocycles. The summed E-state index contributed by atoms with van der Waals surface area (Å²) in [6.07, 6.45) is 0.511. The summed E-state index contributed by atoms with van der Waals surface area (Å²) in [7, 11) is 0. The number of hydrogen-bond donors (Lipinski definition) is 1. The van der Waals surface area contributed by atoms with E-state index in [0.29, 0.717) is 13.0 Å². The van der Waals surface area contributed by atoms with Crippen molar-refractivity contribution in [3.05, 3.63) is 0 Å². The Kier molecular flexibility index (Phi) is 4.13. The molecule has 1 amide bonds. The third-order valence-electron chi connectivity index (χ3n) is 1.93. The van der Waals surface area contributed by atoms with E-state index in [-0.39, 0.29) is 11.3 Å². The zero-order chi connectivity index (χ0) is 11.6. The molecule has 0 fully saturated rings. The fourth-order valence-electron chi connectivity index (χ4n) is 1.28. The lowest BCUT2D eigenvalue weighted by Crippen LogP contribution is -2.56. The van der Waals surface area contributed by atoms with E-state index in [0.717, 1.165) is 0 Å². The van der Waals surface area contributed by atoms with Crippen LogP contribution in [0.4, 0.5) is 0 Å². The second-order valence-corrected chi connectivity index (χ2v) is 5.55. The highest BCUT2D eigenvalue weighted by atomic mass is 16.2. The van der Waals surface area contributed by atoms with Crippen LogP contribution >= 0.6 is 0 Å². The van der Waals surface area contributed by atoms with Crippen molar-refractivity contribution in [3.8, 4) is 0 Å². The van der Waals surface area contributed by atoms with Gasteiger partial charge in [0.25, 0.3) is 0 Å². The third-order valence-corrected chi connectivity index (χ3v) is 1.93. The van der Waals surface area contributed by atoms with Gasteiger partial charge in [0.15, 0.2) is 0 Å². The number of amides is 1. The van der Waals surface area contributed by atoms with Crippen LogP contribution < -0.4 is 5.73 Å². The van der Waals surface area contributed by atoms with Gasteiger partial charge in [0.05, 0.1) is 5.66 Å². The maximum Gasteiger partial charge on any atom is 0.223 e. The van der Waals surface area contributed by atoms with Crippen LogP contribution in [0.2, 0.25) is 0 Å². The molecule has 0 aliphatic heterocycles. The summed E-state index contributed by atoms with van der Waals surface area (Å²) >= 11 is 0. The first-order valence-electron chi connectivity index (χ1n) is 5.17. The Morgan fingerprint density at radius 2 is 1.64 bits per heavy atom. The molecule has 14 heavy (non-hydrogen) atoms. The average Bonchev–Trinajstić information content (AvgIpc) is 1.95. The number of nitrogens with zero attached hydrogens (tertiary/aromatic N) is 1. The molecule has 0 heterocycles. The molecule has 0 aromatic rings. The molecule has 0 aliphatic carbocycles. The fourth-order valence-corrected chi connectivity index (χ4v) is 1.28. The molecule has 0 unspecified atom stereocenters. The minimum Gasteiger partial charge on any atom is -0.325 e. The van der Waals surface area contributed by atoms with Gasteiger partial charge in [-0.25, -0.2) is 0 Å². The van der Waals surface area contributed by atoms with Crippen molar-refractivity contribution in [2.75, 3.05) is 6.54 Å². The van der Waals surface area contributed by atoms with Gasteiger partial charge in [0, 0.05) is 13.0 Å². The minimum absolute atomic E-state index is 0.0848. The molecule has 0 bridgehead atoms. The van der Waals surface area contributed by atoms with Crippen molar-refractivity contribution in [2.24, 2.45) is 11.1 Å². The van der Waals surface area contributed by atoms with Gasteiger partial charge in [-0.1, -0.05) is 27.7 Å². The van der Waals surface area contributed by atoms with Gasteiger partial charge in [-0.3, -0.25) is 4.79 Å². The normalized spacial score (nSPS) is 12.8. The number of carbonyl (C=O) groups excluding carboxylic acids is 1. The number of carbonyl (C=O) groups is 1.